The van der Waals surface area contributed by atoms with Gasteiger partial charge in [-0.05, 0) is 57.5 Å². The lowest BCUT2D eigenvalue weighted by Gasteiger charge is -2.36. The number of benzene rings is 1. The number of carbonyl (C=O) groups excluding carboxylic acids is 1. The van der Waals surface area contributed by atoms with Crippen LogP contribution >= 0.6 is 11.6 Å². The molecule has 1 aromatic carbocycles. The van der Waals surface area contributed by atoms with E-state index in [1.54, 1.807) is 0 Å². The first kappa shape index (κ1) is 18.3. The second kappa shape index (κ2) is 9.30. The van der Waals surface area contributed by atoms with Gasteiger partial charge in [-0.25, -0.2) is 4.79 Å². The van der Waals surface area contributed by atoms with Gasteiger partial charge in [-0.1, -0.05) is 23.7 Å². The molecule has 6 heteroatoms. The summed E-state index contributed by atoms with van der Waals surface area (Å²) < 4.78 is 0. The largest absolute Gasteiger partial charge is 0.367 e. The molecular formula is C19H29ClN4O. The van der Waals surface area contributed by atoms with Crippen LogP contribution in [0.15, 0.2) is 24.3 Å². The number of halogens is 1. The van der Waals surface area contributed by atoms with E-state index >= 15 is 0 Å². The number of carbonyl (C=O) groups is 1. The highest BCUT2D eigenvalue weighted by Crippen LogP contribution is 2.25. The lowest BCUT2D eigenvalue weighted by atomic mass is 10.2. The van der Waals surface area contributed by atoms with Gasteiger partial charge in [0.25, 0.3) is 0 Å². The first-order valence-electron chi connectivity index (χ1n) is 9.48. The Labute approximate surface area is 155 Å². The zero-order valence-corrected chi connectivity index (χ0v) is 15.7. The fourth-order valence-corrected chi connectivity index (χ4v) is 3.89. The molecule has 1 aromatic rings. The zero-order valence-electron chi connectivity index (χ0n) is 14.9. The van der Waals surface area contributed by atoms with Crippen LogP contribution in [-0.4, -0.2) is 68.2 Å². The summed E-state index contributed by atoms with van der Waals surface area (Å²) >= 11 is 6.26. The van der Waals surface area contributed by atoms with E-state index in [2.05, 4.69) is 15.1 Å². The van der Waals surface area contributed by atoms with Crippen molar-refractivity contribution in [1.82, 2.24) is 15.1 Å². The lowest BCUT2D eigenvalue weighted by molar-refractivity contribution is 0.194. The molecule has 138 valence electrons. The van der Waals surface area contributed by atoms with Crippen molar-refractivity contribution in [2.45, 2.75) is 25.7 Å². The van der Waals surface area contributed by atoms with Crippen molar-refractivity contribution < 1.29 is 4.79 Å². The minimum Gasteiger partial charge on any atom is -0.367 e. The number of para-hydroxylation sites is 1. The van der Waals surface area contributed by atoms with Crippen LogP contribution in [0.25, 0.3) is 0 Å². The van der Waals surface area contributed by atoms with Crippen molar-refractivity contribution in [2.75, 3.05) is 57.3 Å². The molecule has 0 saturated carbocycles. The summed E-state index contributed by atoms with van der Waals surface area (Å²) in [6.45, 7) is 7.59. The molecular weight excluding hydrogens is 336 g/mol. The molecule has 2 aliphatic rings. The Balaban J connectivity index is 1.32. The molecule has 2 heterocycles. The molecule has 0 radical (unpaired) electrons. The summed E-state index contributed by atoms with van der Waals surface area (Å²) in [5.41, 5.74) is 1.06. The van der Waals surface area contributed by atoms with Gasteiger partial charge in [-0.15, -0.1) is 0 Å². The number of nitrogens with zero attached hydrogens (tertiary/aromatic N) is 3. The van der Waals surface area contributed by atoms with Crippen molar-refractivity contribution in [3.8, 4) is 0 Å². The summed E-state index contributed by atoms with van der Waals surface area (Å²) in [5.74, 6) is 0. The van der Waals surface area contributed by atoms with E-state index in [0.29, 0.717) is 0 Å². The number of urea groups is 1. The topological polar surface area (TPSA) is 38.8 Å². The van der Waals surface area contributed by atoms with Crippen LogP contribution in [0.3, 0.4) is 0 Å². The third-order valence-corrected chi connectivity index (χ3v) is 5.46. The number of rotatable bonds is 6. The van der Waals surface area contributed by atoms with Crippen LogP contribution in [0, 0.1) is 0 Å². The Bertz CT molecular complexity index is 554. The minimum atomic E-state index is 0.0694. The second-order valence-corrected chi connectivity index (χ2v) is 7.32. The van der Waals surface area contributed by atoms with E-state index in [9.17, 15) is 4.79 Å². The lowest BCUT2D eigenvalue weighted by Crippen LogP contribution is -2.52. The molecule has 25 heavy (non-hydrogen) atoms. The van der Waals surface area contributed by atoms with Crippen molar-refractivity contribution >= 4 is 23.3 Å². The van der Waals surface area contributed by atoms with Gasteiger partial charge in [-0.2, -0.15) is 0 Å². The molecule has 0 bridgehead atoms. The van der Waals surface area contributed by atoms with E-state index in [1.165, 1.54) is 38.9 Å². The fraction of sp³-hybridized carbons (Fsp3) is 0.632. The van der Waals surface area contributed by atoms with Gasteiger partial charge in [0.2, 0.25) is 0 Å². The average molecular weight is 365 g/mol. The molecule has 2 saturated heterocycles. The maximum Gasteiger partial charge on any atom is 0.317 e. The Morgan fingerprint density at radius 1 is 1.00 bits per heavy atom. The average Bonchev–Trinajstić information content (AvgIpc) is 3.15. The van der Waals surface area contributed by atoms with Crippen molar-refractivity contribution in [3.05, 3.63) is 29.3 Å². The van der Waals surface area contributed by atoms with Gasteiger partial charge in [0.1, 0.15) is 0 Å². The number of nitrogens with one attached hydrogen (secondary N) is 1. The maximum absolute atomic E-state index is 12.3. The van der Waals surface area contributed by atoms with Gasteiger partial charge in [0.05, 0.1) is 10.7 Å². The molecule has 0 aliphatic carbocycles. The SMILES string of the molecule is O=C(NCCCCN1CCCC1)N1CCN(c2ccccc2Cl)CC1. The smallest absolute Gasteiger partial charge is 0.317 e. The molecule has 0 spiro atoms. The predicted molar refractivity (Wildman–Crippen MR) is 104 cm³/mol. The van der Waals surface area contributed by atoms with Gasteiger partial charge in [0.15, 0.2) is 0 Å². The number of anilines is 1. The van der Waals surface area contributed by atoms with Gasteiger partial charge in [0, 0.05) is 32.7 Å². The molecule has 5 nitrogen and oxygen atoms in total. The van der Waals surface area contributed by atoms with E-state index in [0.717, 1.165) is 49.9 Å². The van der Waals surface area contributed by atoms with E-state index in [4.69, 9.17) is 11.6 Å². The number of amides is 2. The van der Waals surface area contributed by atoms with Crippen LogP contribution in [0.2, 0.25) is 5.02 Å². The van der Waals surface area contributed by atoms with Crippen LogP contribution in [-0.2, 0) is 0 Å². The molecule has 0 atom stereocenters. The molecule has 3 rings (SSSR count). The molecule has 2 fully saturated rings. The number of hydrogen-bond donors (Lipinski definition) is 1. The molecule has 0 aromatic heterocycles. The summed E-state index contributed by atoms with van der Waals surface area (Å²) in [6.07, 6.45) is 4.91. The Morgan fingerprint density at radius 2 is 1.72 bits per heavy atom. The number of likely N-dealkylation sites (tertiary alicyclic amines) is 1. The standard InChI is InChI=1S/C19H29ClN4O/c20-17-7-1-2-8-18(17)23-13-15-24(16-14-23)19(25)21-9-3-4-10-22-11-5-6-12-22/h1-2,7-8H,3-6,9-16H2,(H,21,25). The van der Waals surface area contributed by atoms with Crippen molar-refractivity contribution in [3.63, 3.8) is 0 Å². The van der Waals surface area contributed by atoms with Crippen LogP contribution in [0.5, 0.6) is 0 Å². The van der Waals surface area contributed by atoms with Gasteiger partial charge < -0.3 is 20.0 Å². The first-order chi connectivity index (χ1) is 12.2. The summed E-state index contributed by atoms with van der Waals surface area (Å²) in [5, 5.41) is 3.84. The third-order valence-electron chi connectivity index (χ3n) is 5.14. The third kappa shape index (κ3) is 5.25. The minimum absolute atomic E-state index is 0.0694. The molecule has 1 N–H and O–H groups in total. The van der Waals surface area contributed by atoms with Crippen LogP contribution < -0.4 is 10.2 Å². The van der Waals surface area contributed by atoms with E-state index in [-0.39, 0.29) is 6.03 Å². The van der Waals surface area contributed by atoms with Crippen molar-refractivity contribution in [1.29, 1.82) is 0 Å². The van der Waals surface area contributed by atoms with Crippen molar-refractivity contribution in [2.24, 2.45) is 0 Å². The molecule has 0 unspecified atom stereocenters. The van der Waals surface area contributed by atoms with E-state index < -0.39 is 0 Å². The van der Waals surface area contributed by atoms with Crippen LogP contribution in [0.4, 0.5) is 10.5 Å². The number of piperazine rings is 1. The summed E-state index contributed by atoms with van der Waals surface area (Å²) in [6, 6.07) is 7.97. The predicted octanol–water partition coefficient (Wildman–Crippen LogP) is 3.05. The monoisotopic (exact) mass is 364 g/mol. The Morgan fingerprint density at radius 3 is 2.44 bits per heavy atom. The van der Waals surface area contributed by atoms with Gasteiger partial charge in [-0.3, -0.25) is 0 Å². The Hall–Kier alpha value is -1.46. The summed E-state index contributed by atoms with van der Waals surface area (Å²) in [7, 11) is 0. The quantitative estimate of drug-likeness (QED) is 0.788. The zero-order chi connectivity index (χ0) is 17.5. The maximum atomic E-state index is 12.3. The van der Waals surface area contributed by atoms with E-state index in [1.807, 2.05) is 29.2 Å². The van der Waals surface area contributed by atoms with Gasteiger partial charge >= 0.3 is 6.03 Å². The molecule has 2 amide bonds. The number of unbranched alkanes of at least 4 members (excludes halogenated alkanes) is 1. The normalized spacial score (nSPS) is 18.6. The van der Waals surface area contributed by atoms with Crippen LogP contribution in [0.1, 0.15) is 25.7 Å². The highest BCUT2D eigenvalue weighted by molar-refractivity contribution is 6.33. The summed E-state index contributed by atoms with van der Waals surface area (Å²) in [4.78, 5) is 19.0. The molecule has 2 aliphatic heterocycles. The highest BCUT2D eigenvalue weighted by atomic mass is 35.5. The Kier molecular flexibility index (Phi) is 6.82. The highest BCUT2D eigenvalue weighted by Gasteiger charge is 2.22. The fourth-order valence-electron chi connectivity index (χ4n) is 3.63. The first-order valence-corrected chi connectivity index (χ1v) is 9.86. The second-order valence-electron chi connectivity index (χ2n) is 6.91. The number of hydrogen-bond acceptors (Lipinski definition) is 3.